The molecule has 1 N–H and O–H groups in total. The lowest BCUT2D eigenvalue weighted by atomic mass is 10.1. The number of thiazole rings is 1. The molecule has 0 aliphatic heterocycles. The van der Waals surface area contributed by atoms with Gasteiger partial charge in [0.25, 0.3) is 11.5 Å². The monoisotopic (exact) mass is 446 g/mol. The van der Waals surface area contributed by atoms with E-state index in [-0.39, 0.29) is 22.9 Å². The van der Waals surface area contributed by atoms with E-state index in [2.05, 4.69) is 15.4 Å². The van der Waals surface area contributed by atoms with Crippen LogP contribution >= 0.6 is 11.3 Å². The Hall–Kier alpha value is -2.85. The SMILES string of the molecule is Cc1nc(-c2c(C)c(C)nn(C)c2=O)sc1C(=O)NCc1ccc(S(C)(=O)=O)cc1. The Morgan fingerprint density at radius 2 is 1.77 bits per heavy atom. The van der Waals surface area contributed by atoms with Crippen molar-refractivity contribution in [1.82, 2.24) is 20.1 Å². The lowest BCUT2D eigenvalue weighted by molar-refractivity contribution is 0.0954. The van der Waals surface area contributed by atoms with Crippen LogP contribution in [0.15, 0.2) is 34.0 Å². The number of carbonyl (C=O) groups excluding carboxylic acids is 1. The number of sulfone groups is 1. The van der Waals surface area contributed by atoms with E-state index < -0.39 is 9.84 Å². The number of amides is 1. The van der Waals surface area contributed by atoms with Crippen LogP contribution < -0.4 is 10.9 Å². The highest BCUT2D eigenvalue weighted by molar-refractivity contribution is 7.90. The van der Waals surface area contributed by atoms with Crippen LogP contribution in [0.25, 0.3) is 10.6 Å². The second-order valence-corrected chi connectivity index (χ2v) is 10.1. The van der Waals surface area contributed by atoms with Crippen LogP contribution in [0.3, 0.4) is 0 Å². The first-order chi connectivity index (χ1) is 14.0. The van der Waals surface area contributed by atoms with Crippen LogP contribution in [0.1, 0.15) is 32.2 Å². The van der Waals surface area contributed by atoms with Crippen LogP contribution in [0, 0.1) is 20.8 Å². The summed E-state index contributed by atoms with van der Waals surface area (Å²) in [7, 11) is -1.68. The van der Waals surface area contributed by atoms with Gasteiger partial charge in [-0.2, -0.15) is 5.10 Å². The first-order valence-corrected chi connectivity index (χ1v) is 11.8. The zero-order chi connectivity index (χ0) is 22.2. The highest BCUT2D eigenvalue weighted by Crippen LogP contribution is 2.28. The highest BCUT2D eigenvalue weighted by atomic mass is 32.2. The standard InChI is InChI=1S/C20H22N4O4S2/c1-11-12(2)23-24(4)20(26)16(11)19-22-13(3)17(29-19)18(25)21-10-14-6-8-15(9-7-14)30(5,27)28/h6-9H,10H2,1-5H3,(H,21,25). The third kappa shape index (κ3) is 4.34. The molecule has 0 saturated heterocycles. The number of hydrogen-bond donors (Lipinski definition) is 1. The van der Waals surface area contributed by atoms with Gasteiger partial charge in [-0.3, -0.25) is 9.59 Å². The second-order valence-electron chi connectivity index (χ2n) is 7.05. The molecule has 3 aromatic rings. The number of carbonyl (C=O) groups is 1. The topological polar surface area (TPSA) is 111 Å². The van der Waals surface area contributed by atoms with Gasteiger partial charge in [0.05, 0.1) is 21.8 Å². The minimum Gasteiger partial charge on any atom is -0.347 e. The molecule has 0 saturated carbocycles. The average molecular weight is 447 g/mol. The van der Waals surface area contributed by atoms with E-state index in [1.54, 1.807) is 26.1 Å². The van der Waals surface area contributed by atoms with Crippen molar-refractivity contribution in [3.05, 3.63) is 62.0 Å². The minimum atomic E-state index is -3.26. The third-order valence-electron chi connectivity index (χ3n) is 4.75. The Morgan fingerprint density at radius 3 is 2.37 bits per heavy atom. The van der Waals surface area contributed by atoms with Crippen LogP contribution in [-0.2, 0) is 23.4 Å². The number of nitrogens with zero attached hydrogens (tertiary/aromatic N) is 3. The summed E-state index contributed by atoms with van der Waals surface area (Å²) < 4.78 is 24.4. The molecule has 0 aliphatic rings. The smallest absolute Gasteiger partial charge is 0.277 e. The Balaban J connectivity index is 1.82. The summed E-state index contributed by atoms with van der Waals surface area (Å²) >= 11 is 1.16. The second kappa shape index (κ2) is 8.11. The quantitative estimate of drug-likeness (QED) is 0.643. The Bertz CT molecular complexity index is 1290. The van der Waals surface area contributed by atoms with Gasteiger partial charge in [0.1, 0.15) is 9.88 Å². The Morgan fingerprint density at radius 1 is 1.13 bits per heavy atom. The first-order valence-electron chi connectivity index (χ1n) is 9.08. The minimum absolute atomic E-state index is 0.227. The molecular weight excluding hydrogens is 424 g/mol. The zero-order valence-electron chi connectivity index (χ0n) is 17.3. The van der Waals surface area contributed by atoms with Crippen LogP contribution in [-0.4, -0.2) is 35.3 Å². The maximum Gasteiger partial charge on any atom is 0.277 e. The molecule has 0 bridgehead atoms. The fourth-order valence-corrected chi connectivity index (χ4v) is 4.64. The van der Waals surface area contributed by atoms with E-state index in [1.807, 2.05) is 13.8 Å². The molecule has 3 rings (SSSR count). The fraction of sp³-hybridized carbons (Fsp3) is 0.300. The van der Waals surface area contributed by atoms with Gasteiger partial charge >= 0.3 is 0 Å². The molecule has 158 valence electrons. The Labute approximate surface area is 178 Å². The summed E-state index contributed by atoms with van der Waals surface area (Å²) in [5.41, 5.74) is 2.97. The number of rotatable bonds is 5. The maximum atomic E-state index is 12.7. The molecule has 10 heteroatoms. The van der Waals surface area contributed by atoms with Gasteiger partial charge in [0.15, 0.2) is 9.84 Å². The predicted molar refractivity (Wildman–Crippen MR) is 116 cm³/mol. The van der Waals surface area contributed by atoms with Crippen molar-refractivity contribution >= 4 is 27.1 Å². The molecule has 0 fully saturated rings. The highest BCUT2D eigenvalue weighted by Gasteiger charge is 2.21. The van der Waals surface area contributed by atoms with E-state index in [9.17, 15) is 18.0 Å². The molecule has 0 atom stereocenters. The molecule has 1 amide bonds. The van der Waals surface area contributed by atoms with Gasteiger partial charge < -0.3 is 5.32 Å². The van der Waals surface area contributed by atoms with E-state index in [1.165, 1.54) is 16.8 Å². The van der Waals surface area contributed by atoms with Crippen molar-refractivity contribution in [2.24, 2.45) is 7.05 Å². The van der Waals surface area contributed by atoms with Gasteiger partial charge in [-0.15, -0.1) is 11.3 Å². The van der Waals surface area contributed by atoms with Gasteiger partial charge in [0, 0.05) is 19.8 Å². The first kappa shape index (κ1) is 21.8. The maximum absolute atomic E-state index is 12.7. The summed E-state index contributed by atoms with van der Waals surface area (Å²) in [6.45, 7) is 5.60. The fourth-order valence-electron chi connectivity index (χ4n) is 2.93. The van der Waals surface area contributed by atoms with Gasteiger partial charge in [0.2, 0.25) is 0 Å². The van der Waals surface area contributed by atoms with Gasteiger partial charge in [-0.25, -0.2) is 18.1 Å². The lowest BCUT2D eigenvalue weighted by Crippen LogP contribution is -2.23. The van der Waals surface area contributed by atoms with Crippen molar-refractivity contribution in [2.45, 2.75) is 32.2 Å². The van der Waals surface area contributed by atoms with E-state index in [4.69, 9.17) is 0 Å². The van der Waals surface area contributed by atoms with E-state index in [0.717, 1.165) is 34.4 Å². The molecule has 8 nitrogen and oxygen atoms in total. The number of aromatic nitrogens is 3. The lowest BCUT2D eigenvalue weighted by Gasteiger charge is -2.07. The van der Waals surface area contributed by atoms with Gasteiger partial charge in [-0.1, -0.05) is 12.1 Å². The third-order valence-corrected chi connectivity index (χ3v) is 7.05. The molecule has 30 heavy (non-hydrogen) atoms. The van der Waals surface area contributed by atoms with Crippen molar-refractivity contribution in [1.29, 1.82) is 0 Å². The number of nitrogens with one attached hydrogen (secondary N) is 1. The molecule has 0 spiro atoms. The summed E-state index contributed by atoms with van der Waals surface area (Å²) in [6.07, 6.45) is 1.15. The summed E-state index contributed by atoms with van der Waals surface area (Å²) in [5, 5.41) is 7.47. The number of aryl methyl sites for hydroxylation is 3. The average Bonchev–Trinajstić information content (AvgIpc) is 3.05. The predicted octanol–water partition coefficient (Wildman–Crippen LogP) is 2.16. The molecule has 1 aromatic carbocycles. The molecule has 2 heterocycles. The largest absolute Gasteiger partial charge is 0.347 e. The summed E-state index contributed by atoms with van der Waals surface area (Å²) in [4.78, 5) is 30.3. The molecule has 2 aromatic heterocycles. The molecule has 0 unspecified atom stereocenters. The summed E-state index contributed by atoms with van der Waals surface area (Å²) in [6, 6.07) is 6.34. The van der Waals surface area contributed by atoms with Crippen molar-refractivity contribution < 1.29 is 13.2 Å². The van der Waals surface area contributed by atoms with Crippen molar-refractivity contribution in [2.75, 3.05) is 6.26 Å². The number of hydrogen-bond acceptors (Lipinski definition) is 7. The van der Waals surface area contributed by atoms with E-state index >= 15 is 0 Å². The van der Waals surface area contributed by atoms with Crippen LogP contribution in [0.5, 0.6) is 0 Å². The van der Waals surface area contributed by atoms with Crippen molar-refractivity contribution in [3.8, 4) is 10.6 Å². The Kier molecular flexibility index (Phi) is 5.91. The van der Waals surface area contributed by atoms with Gasteiger partial charge in [-0.05, 0) is 44.0 Å². The zero-order valence-corrected chi connectivity index (χ0v) is 18.9. The van der Waals surface area contributed by atoms with E-state index in [0.29, 0.717) is 21.1 Å². The van der Waals surface area contributed by atoms with Crippen LogP contribution in [0.4, 0.5) is 0 Å². The molecular formula is C20H22N4O4S2. The van der Waals surface area contributed by atoms with Crippen LogP contribution in [0.2, 0.25) is 0 Å². The number of benzene rings is 1. The molecule has 0 aliphatic carbocycles. The van der Waals surface area contributed by atoms with Crippen molar-refractivity contribution in [3.63, 3.8) is 0 Å². The normalized spacial score (nSPS) is 11.5. The summed E-state index contributed by atoms with van der Waals surface area (Å²) in [5.74, 6) is -0.302. The molecule has 0 radical (unpaired) electrons.